The number of nitrogens with zero attached hydrogens (tertiary/aromatic N) is 2. The minimum atomic E-state index is -0.466. The number of anilines is 1. The van der Waals surface area contributed by atoms with Crippen molar-refractivity contribution in [2.75, 3.05) is 24.5 Å². The average Bonchev–Trinajstić information content (AvgIpc) is 2.52. The summed E-state index contributed by atoms with van der Waals surface area (Å²) < 4.78 is 5.42. The van der Waals surface area contributed by atoms with Gasteiger partial charge in [0.1, 0.15) is 5.60 Å². The van der Waals surface area contributed by atoms with Crippen LogP contribution in [0, 0.1) is 5.92 Å². The summed E-state index contributed by atoms with van der Waals surface area (Å²) in [5, 5.41) is 0. The van der Waals surface area contributed by atoms with E-state index in [0.717, 1.165) is 18.5 Å². The number of carbonyl (C=O) groups is 2. The Kier molecular flexibility index (Phi) is 5.86. The number of carbonyl (C=O) groups excluding carboxylic acids is 2. The van der Waals surface area contributed by atoms with Gasteiger partial charge in [0, 0.05) is 32.2 Å². The van der Waals surface area contributed by atoms with Crippen LogP contribution in [-0.2, 0) is 9.53 Å². The number of hydrogen-bond acceptors (Lipinski definition) is 3. The molecule has 2 amide bonds. The normalized spacial score (nSPS) is 15.9. The summed E-state index contributed by atoms with van der Waals surface area (Å²) in [4.78, 5) is 27.7. The molecule has 0 aromatic heterocycles. The van der Waals surface area contributed by atoms with Gasteiger partial charge in [-0.2, -0.15) is 0 Å². The molecule has 5 nitrogen and oxygen atoms in total. The highest BCUT2D eigenvalue weighted by Crippen LogP contribution is 2.23. The molecule has 1 fully saturated rings. The number of benzene rings is 1. The minimum absolute atomic E-state index is 0.0516. The number of likely N-dealkylation sites (tertiary alicyclic amines) is 1. The van der Waals surface area contributed by atoms with Gasteiger partial charge in [-0.3, -0.25) is 4.79 Å². The van der Waals surface area contributed by atoms with Crippen LogP contribution in [0.3, 0.4) is 0 Å². The van der Waals surface area contributed by atoms with E-state index in [9.17, 15) is 9.59 Å². The first-order valence-electron chi connectivity index (χ1n) is 8.57. The van der Waals surface area contributed by atoms with Crippen molar-refractivity contribution in [3.63, 3.8) is 0 Å². The zero-order chi connectivity index (χ0) is 17.7. The van der Waals surface area contributed by atoms with E-state index in [1.807, 2.05) is 56.0 Å². The Hall–Kier alpha value is -2.04. The minimum Gasteiger partial charge on any atom is -0.444 e. The molecule has 24 heavy (non-hydrogen) atoms. The van der Waals surface area contributed by atoms with Gasteiger partial charge in [0.25, 0.3) is 0 Å². The topological polar surface area (TPSA) is 49.9 Å². The maximum absolute atomic E-state index is 12.1. The van der Waals surface area contributed by atoms with Crippen LogP contribution in [0.4, 0.5) is 10.5 Å². The van der Waals surface area contributed by atoms with E-state index in [2.05, 4.69) is 0 Å². The second kappa shape index (κ2) is 7.69. The summed E-state index contributed by atoms with van der Waals surface area (Å²) in [6.45, 7) is 9.29. The first-order chi connectivity index (χ1) is 11.3. The predicted octanol–water partition coefficient (Wildman–Crippen LogP) is 3.69. The molecule has 0 unspecified atom stereocenters. The quantitative estimate of drug-likeness (QED) is 0.848. The van der Waals surface area contributed by atoms with Crippen LogP contribution in [0.1, 0.15) is 40.5 Å². The summed E-state index contributed by atoms with van der Waals surface area (Å²) in [5.41, 5.74) is 0.465. The standard InChI is InChI=1S/C19H28N2O3/c1-15(22)21(17-8-6-5-7-9-17)14-16-10-12-20(13-11-16)18(23)24-19(2,3)4/h5-9,16H,10-14H2,1-4H3. The molecule has 0 radical (unpaired) electrons. The summed E-state index contributed by atoms with van der Waals surface area (Å²) in [5.74, 6) is 0.448. The average molecular weight is 332 g/mol. The lowest BCUT2D eigenvalue weighted by molar-refractivity contribution is -0.116. The lowest BCUT2D eigenvalue weighted by atomic mass is 9.96. The number of ether oxygens (including phenoxy) is 1. The highest BCUT2D eigenvalue weighted by molar-refractivity contribution is 5.91. The zero-order valence-corrected chi connectivity index (χ0v) is 15.1. The maximum Gasteiger partial charge on any atom is 0.410 e. The molecule has 0 bridgehead atoms. The molecule has 1 saturated heterocycles. The first kappa shape index (κ1) is 18.3. The van der Waals surface area contributed by atoms with Crippen molar-refractivity contribution in [3.05, 3.63) is 30.3 Å². The van der Waals surface area contributed by atoms with Gasteiger partial charge >= 0.3 is 6.09 Å². The van der Waals surface area contributed by atoms with Crippen LogP contribution in [0.5, 0.6) is 0 Å². The first-order valence-corrected chi connectivity index (χ1v) is 8.57. The Morgan fingerprint density at radius 1 is 1.17 bits per heavy atom. The summed E-state index contributed by atoms with van der Waals surface area (Å²) in [6, 6.07) is 9.74. The van der Waals surface area contributed by atoms with Crippen molar-refractivity contribution in [3.8, 4) is 0 Å². The molecule has 1 aliphatic rings. The van der Waals surface area contributed by atoms with Crippen molar-refractivity contribution in [1.29, 1.82) is 0 Å². The van der Waals surface area contributed by atoms with Crippen LogP contribution in [0.2, 0.25) is 0 Å². The Morgan fingerprint density at radius 3 is 2.25 bits per heavy atom. The highest BCUT2D eigenvalue weighted by atomic mass is 16.6. The third-order valence-corrected chi connectivity index (χ3v) is 4.15. The lowest BCUT2D eigenvalue weighted by Gasteiger charge is -2.35. The van der Waals surface area contributed by atoms with Crippen molar-refractivity contribution < 1.29 is 14.3 Å². The van der Waals surface area contributed by atoms with Crippen LogP contribution in [0.25, 0.3) is 0 Å². The van der Waals surface area contributed by atoms with E-state index in [1.54, 1.807) is 11.8 Å². The smallest absolute Gasteiger partial charge is 0.410 e. The SMILES string of the molecule is CC(=O)N(CC1CCN(C(=O)OC(C)(C)C)CC1)c1ccccc1. The molecule has 132 valence electrons. The molecule has 0 spiro atoms. The van der Waals surface area contributed by atoms with Gasteiger partial charge < -0.3 is 14.5 Å². The van der Waals surface area contributed by atoms with Gasteiger partial charge in [-0.05, 0) is 51.7 Å². The summed E-state index contributed by atoms with van der Waals surface area (Å²) in [7, 11) is 0. The third-order valence-electron chi connectivity index (χ3n) is 4.15. The third kappa shape index (κ3) is 5.25. The molecule has 1 aromatic rings. The van der Waals surface area contributed by atoms with Gasteiger partial charge in [0.05, 0.1) is 0 Å². The number of hydrogen-bond donors (Lipinski definition) is 0. The number of piperidine rings is 1. The zero-order valence-electron chi connectivity index (χ0n) is 15.1. The fraction of sp³-hybridized carbons (Fsp3) is 0.579. The molecule has 1 aliphatic heterocycles. The largest absolute Gasteiger partial charge is 0.444 e. The Labute approximate surface area is 144 Å². The van der Waals surface area contributed by atoms with E-state index in [-0.39, 0.29) is 12.0 Å². The molecule has 5 heteroatoms. The van der Waals surface area contributed by atoms with E-state index in [4.69, 9.17) is 4.74 Å². The molecule has 0 atom stereocenters. The Morgan fingerprint density at radius 2 is 1.75 bits per heavy atom. The maximum atomic E-state index is 12.1. The molecule has 0 saturated carbocycles. The Balaban J connectivity index is 1.90. The molecule has 0 aliphatic carbocycles. The predicted molar refractivity (Wildman–Crippen MR) is 95.0 cm³/mol. The van der Waals surface area contributed by atoms with Crippen LogP contribution in [-0.4, -0.2) is 42.1 Å². The molecular weight excluding hydrogens is 304 g/mol. The van der Waals surface area contributed by atoms with Gasteiger partial charge in [0.2, 0.25) is 5.91 Å². The van der Waals surface area contributed by atoms with E-state index in [1.165, 1.54) is 0 Å². The second-order valence-corrected chi connectivity index (χ2v) is 7.38. The fourth-order valence-corrected chi connectivity index (χ4v) is 2.91. The lowest BCUT2D eigenvalue weighted by Crippen LogP contribution is -2.44. The second-order valence-electron chi connectivity index (χ2n) is 7.38. The van der Waals surface area contributed by atoms with Gasteiger partial charge in [-0.15, -0.1) is 0 Å². The van der Waals surface area contributed by atoms with E-state index in [0.29, 0.717) is 25.6 Å². The van der Waals surface area contributed by atoms with Gasteiger partial charge in [-0.1, -0.05) is 18.2 Å². The summed E-state index contributed by atoms with van der Waals surface area (Å²) >= 11 is 0. The number of para-hydroxylation sites is 1. The van der Waals surface area contributed by atoms with Crippen molar-refractivity contribution in [2.24, 2.45) is 5.92 Å². The monoisotopic (exact) mass is 332 g/mol. The van der Waals surface area contributed by atoms with E-state index >= 15 is 0 Å². The molecule has 0 N–H and O–H groups in total. The molecule has 1 aromatic carbocycles. The van der Waals surface area contributed by atoms with Crippen molar-refractivity contribution in [2.45, 2.75) is 46.1 Å². The molecular formula is C19H28N2O3. The van der Waals surface area contributed by atoms with E-state index < -0.39 is 5.60 Å². The molecule has 1 heterocycles. The Bertz CT molecular complexity index is 558. The number of rotatable bonds is 3. The van der Waals surface area contributed by atoms with Crippen LogP contribution in [0.15, 0.2) is 30.3 Å². The van der Waals surface area contributed by atoms with Gasteiger partial charge in [0.15, 0.2) is 0 Å². The van der Waals surface area contributed by atoms with Crippen LogP contribution < -0.4 is 4.90 Å². The molecule has 2 rings (SSSR count). The van der Waals surface area contributed by atoms with Crippen LogP contribution >= 0.6 is 0 Å². The summed E-state index contributed by atoms with van der Waals surface area (Å²) in [6.07, 6.45) is 1.53. The number of amides is 2. The van der Waals surface area contributed by atoms with Crippen molar-refractivity contribution in [1.82, 2.24) is 4.90 Å². The fourth-order valence-electron chi connectivity index (χ4n) is 2.91. The van der Waals surface area contributed by atoms with Crippen molar-refractivity contribution >= 4 is 17.7 Å². The van der Waals surface area contributed by atoms with Gasteiger partial charge in [-0.25, -0.2) is 4.79 Å². The highest BCUT2D eigenvalue weighted by Gasteiger charge is 2.28.